The second-order valence-corrected chi connectivity index (χ2v) is 11.7. The fourth-order valence-electron chi connectivity index (χ4n) is 4.11. The number of rotatable bonds is 10. The van der Waals surface area contributed by atoms with E-state index < -0.39 is 5.60 Å². The molecule has 0 atom stereocenters. The zero-order valence-corrected chi connectivity index (χ0v) is 25.0. The van der Waals surface area contributed by atoms with Crippen LogP contribution in [0.5, 0.6) is 17.2 Å². The molecule has 204 valence electrons. The molecule has 0 aliphatic rings. The van der Waals surface area contributed by atoms with Crippen LogP contribution < -0.4 is 14.2 Å². The molecule has 0 aliphatic carbocycles. The molecule has 0 spiro atoms. The Balaban J connectivity index is 1.79. The number of aliphatic hydroxyl groups is 1. The average Bonchev–Trinajstić information content (AvgIpc) is 3.33. The Labute approximate surface area is 238 Å². The number of nitrogens with zero attached hydrogens (tertiary/aromatic N) is 2. The van der Waals surface area contributed by atoms with Gasteiger partial charge in [0.2, 0.25) is 0 Å². The maximum Gasteiger partial charge on any atom is 0.188 e. The molecule has 0 fully saturated rings. The lowest BCUT2D eigenvalue weighted by Crippen LogP contribution is -2.13. The van der Waals surface area contributed by atoms with E-state index in [1.807, 2.05) is 50.3 Å². The molecule has 2 heterocycles. The summed E-state index contributed by atoms with van der Waals surface area (Å²) in [4.78, 5) is 11.5. The van der Waals surface area contributed by atoms with Gasteiger partial charge in [-0.25, -0.2) is 9.97 Å². The molecule has 1 N–H and O–H groups in total. The minimum atomic E-state index is -0.932. The number of methoxy groups -OCH3 is 3. The first-order valence-corrected chi connectivity index (χ1v) is 14.3. The second-order valence-electron chi connectivity index (χ2n) is 9.70. The predicted molar refractivity (Wildman–Crippen MR) is 161 cm³/mol. The second kappa shape index (κ2) is 12.2. The van der Waals surface area contributed by atoms with Crippen LogP contribution in [0.15, 0.2) is 59.8 Å². The molecule has 6 nitrogen and oxygen atoms in total. The van der Waals surface area contributed by atoms with Crippen LogP contribution in [0.25, 0.3) is 27.0 Å². The first-order valence-electron chi connectivity index (χ1n) is 12.5. The van der Waals surface area contributed by atoms with Crippen molar-refractivity contribution in [3.8, 4) is 38.1 Å². The van der Waals surface area contributed by atoms with Gasteiger partial charge in [0, 0.05) is 32.5 Å². The summed E-state index contributed by atoms with van der Waals surface area (Å²) < 4.78 is 16.6. The number of aromatic nitrogens is 2. The monoisotopic (exact) mass is 562 g/mol. The molecule has 0 saturated heterocycles. The van der Waals surface area contributed by atoms with Crippen LogP contribution in [0, 0.1) is 13.8 Å². The fraction of sp³-hybridized carbons (Fsp3) is 0.290. The van der Waals surface area contributed by atoms with Gasteiger partial charge in [-0.15, -0.1) is 11.3 Å². The van der Waals surface area contributed by atoms with Crippen LogP contribution in [-0.2, 0) is 5.75 Å². The van der Waals surface area contributed by atoms with Crippen molar-refractivity contribution in [2.75, 3.05) is 21.3 Å². The summed E-state index contributed by atoms with van der Waals surface area (Å²) in [6.07, 6.45) is 3.68. The molecule has 8 heteroatoms. The van der Waals surface area contributed by atoms with Crippen molar-refractivity contribution < 1.29 is 19.3 Å². The first kappa shape index (κ1) is 28.7. The lowest BCUT2D eigenvalue weighted by Gasteiger charge is -2.12. The number of thioether (sulfide) groups is 1. The van der Waals surface area contributed by atoms with Crippen molar-refractivity contribution in [2.45, 2.75) is 44.2 Å². The summed E-state index contributed by atoms with van der Waals surface area (Å²) in [6, 6.07) is 16.3. The van der Waals surface area contributed by atoms with E-state index in [9.17, 15) is 5.11 Å². The van der Waals surface area contributed by atoms with E-state index in [1.165, 1.54) is 5.56 Å². The maximum atomic E-state index is 10.2. The van der Waals surface area contributed by atoms with Crippen LogP contribution in [0.2, 0.25) is 0 Å². The summed E-state index contributed by atoms with van der Waals surface area (Å²) in [5.74, 6) is 2.84. The SMILES string of the molecule is COc1ccc(-c2sc(-c3ccc(OC)c(OC)c3)cc2CSc2nc(C)cc(C)n2)cc1/C=C/C(C)(C)O. The Bertz CT molecular complexity index is 1470. The highest BCUT2D eigenvalue weighted by molar-refractivity contribution is 7.98. The smallest absolute Gasteiger partial charge is 0.188 e. The number of hydrogen-bond donors (Lipinski definition) is 1. The third-order valence-electron chi connectivity index (χ3n) is 5.96. The largest absolute Gasteiger partial charge is 0.496 e. The lowest BCUT2D eigenvalue weighted by atomic mass is 10.0. The highest BCUT2D eigenvalue weighted by Crippen LogP contribution is 2.43. The number of ether oxygens (including phenoxy) is 3. The highest BCUT2D eigenvalue weighted by atomic mass is 32.2. The topological polar surface area (TPSA) is 73.7 Å². The van der Waals surface area contributed by atoms with Crippen LogP contribution in [0.4, 0.5) is 0 Å². The van der Waals surface area contributed by atoms with Gasteiger partial charge in [-0.3, -0.25) is 0 Å². The minimum Gasteiger partial charge on any atom is -0.496 e. The third kappa shape index (κ3) is 7.20. The van der Waals surface area contributed by atoms with Gasteiger partial charge in [0.25, 0.3) is 0 Å². The summed E-state index contributed by atoms with van der Waals surface area (Å²) in [5.41, 5.74) is 5.18. The predicted octanol–water partition coefficient (Wildman–Crippen LogP) is 7.59. The van der Waals surface area contributed by atoms with E-state index in [4.69, 9.17) is 14.2 Å². The van der Waals surface area contributed by atoms with Crippen molar-refractivity contribution in [3.63, 3.8) is 0 Å². The van der Waals surface area contributed by atoms with Crippen LogP contribution in [0.1, 0.15) is 36.4 Å². The normalized spacial score (nSPS) is 11.7. The fourth-order valence-corrected chi connectivity index (χ4v) is 6.31. The molecule has 4 rings (SSSR count). The quantitative estimate of drug-likeness (QED) is 0.158. The van der Waals surface area contributed by atoms with Gasteiger partial charge in [-0.05, 0) is 92.9 Å². The van der Waals surface area contributed by atoms with E-state index in [0.29, 0.717) is 17.3 Å². The molecule has 2 aromatic heterocycles. The molecule has 0 unspecified atom stereocenters. The third-order valence-corrected chi connectivity index (χ3v) is 8.13. The summed E-state index contributed by atoms with van der Waals surface area (Å²) >= 11 is 3.35. The van der Waals surface area contributed by atoms with Gasteiger partial charge in [0.1, 0.15) is 5.75 Å². The Hall–Kier alpha value is -3.33. The van der Waals surface area contributed by atoms with E-state index in [0.717, 1.165) is 48.7 Å². The van der Waals surface area contributed by atoms with Crippen LogP contribution >= 0.6 is 23.1 Å². The lowest BCUT2D eigenvalue weighted by molar-refractivity contribution is 0.134. The highest BCUT2D eigenvalue weighted by Gasteiger charge is 2.17. The number of hydrogen-bond acceptors (Lipinski definition) is 8. The molecule has 2 aromatic carbocycles. The molecule has 0 amide bonds. The van der Waals surface area contributed by atoms with E-state index in [-0.39, 0.29) is 0 Å². The van der Waals surface area contributed by atoms with Gasteiger partial charge in [-0.1, -0.05) is 23.9 Å². The Kier molecular flexibility index (Phi) is 9.00. The number of benzene rings is 2. The molecular weight excluding hydrogens is 528 g/mol. The average molecular weight is 563 g/mol. The van der Waals surface area contributed by atoms with Gasteiger partial charge in [0.15, 0.2) is 16.7 Å². The van der Waals surface area contributed by atoms with E-state index in [2.05, 4.69) is 28.2 Å². The van der Waals surface area contributed by atoms with Crippen LogP contribution in [-0.4, -0.2) is 42.0 Å². The summed E-state index contributed by atoms with van der Waals surface area (Å²) in [5, 5.41) is 11.0. The zero-order chi connectivity index (χ0) is 28.2. The van der Waals surface area contributed by atoms with E-state index >= 15 is 0 Å². The van der Waals surface area contributed by atoms with Gasteiger partial charge in [0.05, 0.1) is 26.9 Å². The van der Waals surface area contributed by atoms with Gasteiger partial charge < -0.3 is 19.3 Å². The molecule has 0 aliphatic heterocycles. The van der Waals surface area contributed by atoms with Crippen molar-refractivity contribution in [2.24, 2.45) is 0 Å². The molecule has 39 heavy (non-hydrogen) atoms. The first-order chi connectivity index (χ1) is 18.6. The Morgan fingerprint density at radius 2 is 1.49 bits per heavy atom. The number of thiophene rings is 1. The summed E-state index contributed by atoms with van der Waals surface area (Å²) in [6.45, 7) is 7.48. The van der Waals surface area contributed by atoms with Crippen molar-refractivity contribution in [3.05, 3.63) is 77.1 Å². The molecule has 0 radical (unpaired) electrons. The van der Waals surface area contributed by atoms with Gasteiger partial charge in [-0.2, -0.15) is 0 Å². The molecule has 0 saturated carbocycles. The standard InChI is InChI=1S/C31H34N2O4S2/c1-19-14-20(2)33-30(32-19)38-18-24-17-28(22-8-11-26(36-6)27(16-22)37-7)39-29(24)23-9-10-25(35-5)21(15-23)12-13-31(3,4)34/h8-17,34H,18H2,1-7H3/b13-12+. The Morgan fingerprint density at radius 3 is 2.13 bits per heavy atom. The Morgan fingerprint density at radius 1 is 0.846 bits per heavy atom. The maximum absolute atomic E-state index is 10.2. The van der Waals surface area contributed by atoms with Gasteiger partial charge >= 0.3 is 0 Å². The molecular formula is C31H34N2O4S2. The molecule has 0 bridgehead atoms. The summed E-state index contributed by atoms with van der Waals surface area (Å²) in [7, 11) is 4.94. The van der Waals surface area contributed by atoms with Crippen molar-refractivity contribution in [1.82, 2.24) is 9.97 Å². The molecule has 4 aromatic rings. The van der Waals surface area contributed by atoms with E-state index in [1.54, 1.807) is 64.4 Å². The van der Waals surface area contributed by atoms with Crippen molar-refractivity contribution >= 4 is 29.2 Å². The number of aryl methyl sites for hydroxylation is 2. The van der Waals surface area contributed by atoms with Crippen LogP contribution in [0.3, 0.4) is 0 Å². The van der Waals surface area contributed by atoms with Crippen molar-refractivity contribution in [1.29, 1.82) is 0 Å². The minimum absolute atomic E-state index is 0.688. The zero-order valence-electron chi connectivity index (χ0n) is 23.4.